The van der Waals surface area contributed by atoms with Crippen molar-refractivity contribution in [2.45, 2.75) is 12.5 Å². The van der Waals surface area contributed by atoms with Crippen LogP contribution < -0.4 is 24.7 Å². The molecule has 0 bridgehead atoms. The Kier molecular flexibility index (Phi) is 8.30. The lowest BCUT2D eigenvalue weighted by Crippen LogP contribution is -2.21. The summed E-state index contributed by atoms with van der Waals surface area (Å²) in [5, 5.41) is 11.9. The van der Waals surface area contributed by atoms with E-state index in [1.807, 2.05) is 24.3 Å². The van der Waals surface area contributed by atoms with E-state index >= 15 is 0 Å². The number of thiophene rings is 1. The summed E-state index contributed by atoms with van der Waals surface area (Å²) in [4.78, 5) is 13.3. The second-order valence-corrected chi connectivity index (χ2v) is 12.0. The molecular weight excluding hydrogens is 643 g/mol. The predicted molar refractivity (Wildman–Crippen MR) is 171 cm³/mol. The lowest BCUT2D eigenvalue weighted by atomic mass is 9.83. The molecule has 2 heterocycles. The van der Waals surface area contributed by atoms with Crippen LogP contribution in [0.2, 0.25) is 15.1 Å². The number of nitrogens with two attached hydrogens (primary N) is 1. The third kappa shape index (κ3) is 5.63. The van der Waals surface area contributed by atoms with E-state index in [1.54, 1.807) is 61.7 Å². The molecule has 1 aliphatic heterocycles. The van der Waals surface area contributed by atoms with E-state index in [1.165, 1.54) is 11.3 Å². The second-order valence-electron chi connectivity index (χ2n) is 9.70. The molecule has 1 aromatic heterocycles. The monoisotopic (exact) mass is 662 g/mol. The number of nitrogens with zero attached hydrogens (tertiary/aromatic N) is 1. The highest BCUT2D eigenvalue weighted by Crippen LogP contribution is 2.46. The van der Waals surface area contributed by atoms with Crippen LogP contribution in [0.25, 0.3) is 10.1 Å². The first-order valence-corrected chi connectivity index (χ1v) is 15.1. The molecule has 4 aromatic carbocycles. The van der Waals surface area contributed by atoms with Crippen molar-refractivity contribution in [3.8, 4) is 29.1 Å². The average molecular weight is 664 g/mol. The molecule has 0 spiro atoms. The van der Waals surface area contributed by atoms with Crippen molar-refractivity contribution in [2.24, 2.45) is 5.73 Å². The van der Waals surface area contributed by atoms with Gasteiger partial charge >= 0.3 is 5.97 Å². The van der Waals surface area contributed by atoms with Crippen molar-refractivity contribution in [1.82, 2.24) is 0 Å². The molecule has 0 radical (unpaired) electrons. The molecule has 0 amide bonds. The highest BCUT2D eigenvalue weighted by Gasteiger charge is 2.32. The van der Waals surface area contributed by atoms with Crippen LogP contribution in [0.1, 0.15) is 32.3 Å². The molecule has 220 valence electrons. The van der Waals surface area contributed by atoms with Gasteiger partial charge < -0.3 is 24.7 Å². The van der Waals surface area contributed by atoms with E-state index in [0.29, 0.717) is 44.9 Å². The third-order valence-corrected chi connectivity index (χ3v) is 9.21. The molecule has 1 aliphatic rings. The van der Waals surface area contributed by atoms with E-state index < -0.39 is 11.9 Å². The quantitative estimate of drug-likeness (QED) is 0.137. The zero-order chi connectivity index (χ0) is 31.0. The standard InChI is InChI=1S/C33H21Cl3N2O5S/c1-40-26-13-18(7-12-24(26)41-16-17-5-8-19(34)9-6-17)28-21-11-10-20(14-25(21)43-32(38)22(28)15-37)42-33(39)31-30(36)29-23(35)3-2-4-27(29)44-31/h2-14,28H,16,38H2,1H3. The van der Waals surface area contributed by atoms with Gasteiger partial charge in [0.15, 0.2) is 11.5 Å². The van der Waals surface area contributed by atoms with Crippen molar-refractivity contribution in [3.63, 3.8) is 0 Å². The molecule has 5 aromatic rings. The molecule has 0 fully saturated rings. The molecule has 0 saturated carbocycles. The Hall–Kier alpha value is -4.39. The number of hydrogen-bond donors (Lipinski definition) is 1. The molecule has 0 aliphatic carbocycles. The largest absolute Gasteiger partial charge is 0.493 e. The summed E-state index contributed by atoms with van der Waals surface area (Å²) in [7, 11) is 1.54. The fraction of sp³-hybridized carbons (Fsp3) is 0.0909. The molecule has 6 rings (SSSR count). The summed E-state index contributed by atoms with van der Waals surface area (Å²) in [6.07, 6.45) is 0. The number of esters is 1. The SMILES string of the molecule is COc1cc(C2C(C#N)=C(N)Oc3cc(OC(=O)c4sc5cccc(Cl)c5c4Cl)ccc32)ccc1OCc1ccc(Cl)cc1. The summed E-state index contributed by atoms with van der Waals surface area (Å²) >= 11 is 20.0. The van der Waals surface area contributed by atoms with Gasteiger partial charge in [0.05, 0.1) is 23.1 Å². The molecule has 1 atom stereocenters. The van der Waals surface area contributed by atoms with Gasteiger partial charge in [-0.3, -0.25) is 0 Å². The van der Waals surface area contributed by atoms with Crippen molar-refractivity contribution in [2.75, 3.05) is 7.11 Å². The second kappa shape index (κ2) is 12.3. The third-order valence-electron chi connectivity index (χ3n) is 7.02. The van der Waals surface area contributed by atoms with E-state index in [0.717, 1.165) is 15.8 Å². The molecule has 2 N–H and O–H groups in total. The minimum atomic E-state index is -0.639. The molecule has 44 heavy (non-hydrogen) atoms. The highest BCUT2D eigenvalue weighted by atomic mass is 35.5. The number of nitriles is 1. The lowest BCUT2D eigenvalue weighted by molar-refractivity contribution is 0.0740. The molecule has 1 unspecified atom stereocenters. The molecule has 0 saturated heterocycles. The Balaban J connectivity index is 1.28. The van der Waals surface area contributed by atoms with Crippen LogP contribution in [0.5, 0.6) is 23.0 Å². The Morgan fingerprint density at radius 3 is 2.55 bits per heavy atom. The zero-order valence-corrected chi connectivity index (χ0v) is 26.0. The average Bonchev–Trinajstić information content (AvgIpc) is 3.37. The van der Waals surface area contributed by atoms with Crippen LogP contribution >= 0.6 is 46.1 Å². The Labute approximate surface area is 271 Å². The van der Waals surface area contributed by atoms with Crippen molar-refractivity contribution in [3.05, 3.63) is 127 Å². The van der Waals surface area contributed by atoms with Gasteiger partial charge in [0.2, 0.25) is 5.88 Å². The number of hydrogen-bond acceptors (Lipinski definition) is 8. The Morgan fingerprint density at radius 2 is 1.82 bits per heavy atom. The maximum Gasteiger partial charge on any atom is 0.355 e. The van der Waals surface area contributed by atoms with E-state index in [9.17, 15) is 10.1 Å². The number of ether oxygens (including phenoxy) is 4. The first-order chi connectivity index (χ1) is 21.3. The number of allylic oxidation sites excluding steroid dienone is 1. The van der Waals surface area contributed by atoms with Gasteiger partial charge in [-0.1, -0.05) is 65.1 Å². The zero-order valence-electron chi connectivity index (χ0n) is 22.9. The van der Waals surface area contributed by atoms with Crippen LogP contribution in [0.3, 0.4) is 0 Å². The van der Waals surface area contributed by atoms with Gasteiger partial charge in [-0.2, -0.15) is 5.26 Å². The van der Waals surface area contributed by atoms with Crippen LogP contribution in [0.15, 0.2) is 90.3 Å². The van der Waals surface area contributed by atoms with Crippen LogP contribution in [-0.2, 0) is 6.61 Å². The van der Waals surface area contributed by atoms with Crippen molar-refractivity contribution < 1.29 is 23.7 Å². The first-order valence-electron chi connectivity index (χ1n) is 13.1. The maximum absolute atomic E-state index is 13.1. The summed E-state index contributed by atoms with van der Waals surface area (Å²) in [6, 6.07) is 25.2. The summed E-state index contributed by atoms with van der Waals surface area (Å²) in [5.41, 5.74) is 8.76. The number of benzene rings is 4. The number of rotatable bonds is 7. The molecular formula is C33H21Cl3N2O5S. The fourth-order valence-corrected chi connectivity index (χ4v) is 6.87. The van der Waals surface area contributed by atoms with Gasteiger partial charge in [0, 0.05) is 26.7 Å². The van der Waals surface area contributed by atoms with Crippen LogP contribution in [0.4, 0.5) is 0 Å². The smallest absolute Gasteiger partial charge is 0.355 e. The lowest BCUT2D eigenvalue weighted by Gasteiger charge is -2.27. The minimum absolute atomic E-state index is 0.0577. The van der Waals surface area contributed by atoms with Crippen LogP contribution in [-0.4, -0.2) is 13.1 Å². The number of methoxy groups -OCH3 is 1. The topological polar surface area (TPSA) is 104 Å². The predicted octanol–water partition coefficient (Wildman–Crippen LogP) is 8.89. The van der Waals surface area contributed by atoms with E-state index in [4.69, 9.17) is 59.5 Å². The van der Waals surface area contributed by atoms with Crippen molar-refractivity contribution in [1.29, 1.82) is 5.26 Å². The van der Waals surface area contributed by atoms with Gasteiger partial charge in [0.25, 0.3) is 0 Å². The maximum atomic E-state index is 13.1. The van der Waals surface area contributed by atoms with Gasteiger partial charge in [-0.05, 0) is 53.6 Å². The fourth-order valence-electron chi connectivity index (χ4n) is 4.92. The normalized spacial score (nSPS) is 14.0. The Bertz CT molecular complexity index is 2000. The van der Waals surface area contributed by atoms with E-state index in [2.05, 4.69) is 6.07 Å². The highest BCUT2D eigenvalue weighted by molar-refractivity contribution is 7.21. The number of halogens is 3. The first kappa shape index (κ1) is 29.7. The minimum Gasteiger partial charge on any atom is -0.493 e. The summed E-state index contributed by atoms with van der Waals surface area (Å²) in [5.74, 6) is 0.279. The summed E-state index contributed by atoms with van der Waals surface area (Å²) < 4.78 is 23.9. The molecule has 7 nitrogen and oxygen atoms in total. The summed E-state index contributed by atoms with van der Waals surface area (Å²) in [6.45, 7) is 0.310. The van der Waals surface area contributed by atoms with Crippen LogP contribution in [0, 0.1) is 11.3 Å². The van der Waals surface area contributed by atoms with E-state index in [-0.39, 0.29) is 27.1 Å². The van der Waals surface area contributed by atoms with Crippen molar-refractivity contribution >= 4 is 62.2 Å². The molecule has 11 heteroatoms. The number of carbonyl (C=O) groups is 1. The number of carbonyl (C=O) groups excluding carboxylic acids is 1. The Morgan fingerprint density at radius 1 is 1.02 bits per heavy atom. The van der Waals surface area contributed by atoms with Gasteiger partial charge in [-0.25, -0.2) is 4.79 Å². The number of fused-ring (bicyclic) bond motifs is 2. The van der Waals surface area contributed by atoms with Gasteiger partial charge in [-0.15, -0.1) is 11.3 Å². The van der Waals surface area contributed by atoms with Gasteiger partial charge in [0.1, 0.15) is 34.6 Å².